The molecular weight excluding hydrogens is 408 g/mol. The van der Waals surface area contributed by atoms with E-state index in [0.717, 1.165) is 12.8 Å². The van der Waals surface area contributed by atoms with Crippen LogP contribution in [0.2, 0.25) is 0 Å². The van der Waals surface area contributed by atoms with Gasteiger partial charge in [0.2, 0.25) is 0 Å². The van der Waals surface area contributed by atoms with E-state index in [1.807, 2.05) is 6.92 Å². The van der Waals surface area contributed by atoms with Crippen LogP contribution in [0.15, 0.2) is 0 Å². The number of carbonyl (C=O) groups is 3. The summed E-state index contributed by atoms with van der Waals surface area (Å²) in [5, 5.41) is 50.2. The van der Waals surface area contributed by atoms with Crippen LogP contribution in [-0.2, 0) is 14.4 Å². The number of rotatable bonds is 17. The minimum absolute atomic E-state index is 0.156. The molecule has 0 aliphatic rings. The van der Waals surface area contributed by atoms with E-state index in [1.165, 1.54) is 44.9 Å². The quantitative estimate of drug-likeness (QED) is 0.181. The summed E-state index contributed by atoms with van der Waals surface area (Å²) in [6.45, 7) is 3.58. The van der Waals surface area contributed by atoms with Crippen molar-refractivity contribution in [2.75, 3.05) is 19.8 Å². The molecule has 0 rings (SSSR count). The summed E-state index contributed by atoms with van der Waals surface area (Å²) in [6.07, 6.45) is 11.5. The van der Waals surface area contributed by atoms with Gasteiger partial charge in [0.15, 0.2) is 0 Å². The van der Waals surface area contributed by atoms with E-state index in [-0.39, 0.29) is 32.7 Å². The minimum Gasteiger partial charge on any atom is -0.481 e. The maximum absolute atomic E-state index is 10.2. The molecule has 0 aromatic carbocycles. The van der Waals surface area contributed by atoms with E-state index >= 15 is 0 Å². The molecule has 9 nitrogen and oxygen atoms in total. The Bertz CT molecular complexity index is 403. The smallest absolute Gasteiger partial charge is 0.303 e. The predicted octanol–water partition coefficient (Wildman–Crippen LogP) is 3.29. The highest BCUT2D eigenvalue weighted by Gasteiger charge is 2.24. The Morgan fingerprint density at radius 1 is 0.548 bits per heavy atom. The molecule has 186 valence electrons. The second-order valence-corrected chi connectivity index (χ2v) is 7.59. The van der Waals surface area contributed by atoms with Crippen LogP contribution in [0.1, 0.15) is 97.3 Å². The number of unbranched alkanes of at least 4 members (excludes halogenated alkanes) is 8. The van der Waals surface area contributed by atoms with Gasteiger partial charge in [0, 0.05) is 11.8 Å². The fraction of sp³-hybridized carbons (Fsp3) is 0.864. The van der Waals surface area contributed by atoms with Crippen LogP contribution in [-0.4, -0.2) is 68.4 Å². The number of aliphatic carboxylic acids is 3. The largest absolute Gasteiger partial charge is 0.481 e. The number of hydrogen-bond acceptors (Lipinski definition) is 6. The third kappa shape index (κ3) is 28.3. The lowest BCUT2D eigenvalue weighted by atomic mass is 9.88. The molecule has 0 aliphatic heterocycles. The molecule has 0 saturated carbocycles. The summed E-state index contributed by atoms with van der Waals surface area (Å²) in [5.74, 6) is -2.81. The zero-order chi connectivity index (χ0) is 24.5. The van der Waals surface area contributed by atoms with Crippen molar-refractivity contribution < 1.29 is 45.0 Å². The van der Waals surface area contributed by atoms with Crippen molar-refractivity contribution in [1.82, 2.24) is 0 Å². The molecule has 0 radical (unpaired) electrons. The number of carboxylic acids is 3. The third-order valence-electron chi connectivity index (χ3n) is 4.80. The first-order valence-electron chi connectivity index (χ1n) is 11.1. The van der Waals surface area contributed by atoms with Crippen LogP contribution in [0, 0.1) is 5.41 Å². The molecule has 0 atom stereocenters. The van der Waals surface area contributed by atoms with E-state index in [4.69, 9.17) is 30.6 Å². The van der Waals surface area contributed by atoms with Gasteiger partial charge >= 0.3 is 17.9 Å². The fourth-order valence-electron chi connectivity index (χ4n) is 2.29. The van der Waals surface area contributed by atoms with Crippen LogP contribution in [0.4, 0.5) is 0 Å². The fourth-order valence-corrected chi connectivity index (χ4v) is 2.29. The molecule has 0 aromatic heterocycles. The first-order valence-corrected chi connectivity index (χ1v) is 11.1. The van der Waals surface area contributed by atoms with Gasteiger partial charge in [-0.15, -0.1) is 0 Å². The highest BCUT2D eigenvalue weighted by atomic mass is 16.4. The Hall–Kier alpha value is -1.71. The van der Waals surface area contributed by atoms with E-state index in [1.54, 1.807) is 0 Å². The van der Waals surface area contributed by atoms with Crippen molar-refractivity contribution in [3.05, 3.63) is 0 Å². The monoisotopic (exact) mass is 452 g/mol. The molecule has 0 bridgehead atoms. The molecule has 9 heteroatoms. The maximum Gasteiger partial charge on any atom is 0.303 e. The molecule has 0 unspecified atom stereocenters. The number of aliphatic hydroxyl groups is 3. The molecule has 0 spiro atoms. The van der Waals surface area contributed by atoms with Gasteiger partial charge in [-0.1, -0.05) is 65.2 Å². The summed E-state index contributed by atoms with van der Waals surface area (Å²) in [4.78, 5) is 29.5. The minimum atomic E-state index is -1.08. The normalized spacial score (nSPS) is 10.4. The van der Waals surface area contributed by atoms with Crippen molar-refractivity contribution in [3.8, 4) is 0 Å². The number of aliphatic hydroxyl groups excluding tert-OH is 3. The molecule has 6 N–H and O–H groups in total. The molecular formula is C22H44O9. The molecule has 0 heterocycles. The standard InChI is InChI=1S/C12H24O2.C6H14O3.C4H6O4/c1-2-3-4-5-6-7-8-9-10-11-12(13)14;1-2-6(3-7,4-8)5-9;5-3(6)1-2-4(7)8/h2-11H2,1H3,(H,13,14);7-9H,2-5H2,1H3;1-2H2,(H,5,6)(H,7,8). The van der Waals surface area contributed by atoms with Gasteiger partial charge in [0.25, 0.3) is 0 Å². The van der Waals surface area contributed by atoms with Gasteiger partial charge in [0.05, 0.1) is 32.7 Å². The molecule has 0 aromatic rings. The summed E-state index contributed by atoms with van der Waals surface area (Å²) >= 11 is 0. The second kappa shape index (κ2) is 24.6. The van der Waals surface area contributed by atoms with Crippen LogP contribution in [0.5, 0.6) is 0 Å². The summed E-state index contributed by atoms with van der Waals surface area (Å²) < 4.78 is 0. The first kappa shape index (κ1) is 33.9. The molecule has 0 aliphatic carbocycles. The lowest BCUT2D eigenvalue weighted by Crippen LogP contribution is -2.32. The predicted molar refractivity (Wildman–Crippen MR) is 118 cm³/mol. The zero-order valence-corrected chi connectivity index (χ0v) is 19.2. The van der Waals surface area contributed by atoms with Crippen molar-refractivity contribution in [2.45, 2.75) is 97.3 Å². The summed E-state index contributed by atoms with van der Waals surface area (Å²) in [5.41, 5.74) is -0.667. The Balaban J connectivity index is -0.000000401. The van der Waals surface area contributed by atoms with Gasteiger partial charge in [-0.2, -0.15) is 0 Å². The number of carboxylic acid groups (broad SMARTS) is 3. The van der Waals surface area contributed by atoms with Crippen molar-refractivity contribution >= 4 is 17.9 Å². The van der Waals surface area contributed by atoms with Gasteiger partial charge < -0.3 is 30.6 Å². The van der Waals surface area contributed by atoms with Crippen LogP contribution >= 0.6 is 0 Å². The highest BCUT2D eigenvalue weighted by molar-refractivity contribution is 5.75. The SMILES string of the molecule is CCC(CO)(CO)CO.CCCCCCCCCCCC(=O)O.O=C(O)CCC(=O)O. The van der Waals surface area contributed by atoms with Crippen molar-refractivity contribution in [2.24, 2.45) is 5.41 Å². The topological polar surface area (TPSA) is 173 Å². The molecule has 0 amide bonds. The van der Waals surface area contributed by atoms with Crippen LogP contribution in [0.25, 0.3) is 0 Å². The third-order valence-corrected chi connectivity index (χ3v) is 4.80. The second-order valence-electron chi connectivity index (χ2n) is 7.59. The zero-order valence-electron chi connectivity index (χ0n) is 19.2. The summed E-state index contributed by atoms with van der Waals surface area (Å²) in [6, 6.07) is 0. The average Bonchev–Trinajstić information content (AvgIpc) is 2.74. The summed E-state index contributed by atoms with van der Waals surface area (Å²) in [7, 11) is 0. The Morgan fingerprint density at radius 2 is 0.871 bits per heavy atom. The Labute approximate surface area is 186 Å². The Morgan fingerprint density at radius 3 is 1.10 bits per heavy atom. The number of hydrogen-bond donors (Lipinski definition) is 6. The van der Waals surface area contributed by atoms with Crippen LogP contribution in [0.3, 0.4) is 0 Å². The van der Waals surface area contributed by atoms with E-state index in [9.17, 15) is 14.4 Å². The van der Waals surface area contributed by atoms with E-state index in [2.05, 4.69) is 6.92 Å². The highest BCUT2D eigenvalue weighted by Crippen LogP contribution is 2.18. The van der Waals surface area contributed by atoms with Gasteiger partial charge in [-0.05, 0) is 12.8 Å². The van der Waals surface area contributed by atoms with Gasteiger partial charge in [-0.25, -0.2) is 0 Å². The lowest BCUT2D eigenvalue weighted by molar-refractivity contribution is -0.143. The first-order chi connectivity index (χ1) is 14.6. The Kier molecular flexibility index (Phi) is 26.9. The van der Waals surface area contributed by atoms with Crippen molar-refractivity contribution in [3.63, 3.8) is 0 Å². The molecule has 0 saturated heterocycles. The molecule has 31 heavy (non-hydrogen) atoms. The lowest BCUT2D eigenvalue weighted by Gasteiger charge is -2.24. The van der Waals surface area contributed by atoms with Crippen LogP contribution < -0.4 is 0 Å². The molecule has 0 fully saturated rings. The van der Waals surface area contributed by atoms with Gasteiger partial charge in [-0.3, -0.25) is 14.4 Å². The van der Waals surface area contributed by atoms with Crippen molar-refractivity contribution in [1.29, 1.82) is 0 Å². The van der Waals surface area contributed by atoms with E-state index < -0.39 is 23.3 Å². The van der Waals surface area contributed by atoms with E-state index in [0.29, 0.717) is 12.8 Å². The average molecular weight is 453 g/mol. The maximum atomic E-state index is 10.2. The van der Waals surface area contributed by atoms with Gasteiger partial charge in [0.1, 0.15) is 0 Å².